The van der Waals surface area contributed by atoms with Crippen LogP contribution >= 0.6 is 0 Å². The maximum absolute atomic E-state index is 13.5. The Morgan fingerprint density at radius 2 is 2.12 bits per heavy atom. The molecule has 17 heavy (non-hydrogen) atoms. The van der Waals surface area contributed by atoms with Gasteiger partial charge in [-0.2, -0.15) is 0 Å². The number of para-hydroxylation sites is 1. The van der Waals surface area contributed by atoms with Gasteiger partial charge in [0.2, 0.25) is 0 Å². The van der Waals surface area contributed by atoms with Gasteiger partial charge in [-0.15, -0.1) is 0 Å². The van der Waals surface area contributed by atoms with Crippen molar-refractivity contribution in [3.63, 3.8) is 0 Å². The van der Waals surface area contributed by atoms with Gasteiger partial charge >= 0.3 is 5.97 Å². The molecule has 4 nitrogen and oxygen atoms in total. The van der Waals surface area contributed by atoms with Gasteiger partial charge in [0.15, 0.2) is 0 Å². The second-order valence-corrected chi connectivity index (χ2v) is 3.16. The van der Waals surface area contributed by atoms with Gasteiger partial charge in [-0.3, -0.25) is 14.5 Å². The molecule has 0 unspecified atom stereocenters. The maximum Gasteiger partial charge on any atom is 0.325 e. The summed E-state index contributed by atoms with van der Waals surface area (Å²) in [5.74, 6) is -1.80. The average molecular weight is 237 g/mol. The van der Waals surface area contributed by atoms with Gasteiger partial charge in [0.25, 0.3) is 5.91 Å². The van der Waals surface area contributed by atoms with E-state index in [1.54, 1.807) is 6.07 Å². The first-order chi connectivity index (χ1) is 8.10. The Balaban J connectivity index is 3.06. The van der Waals surface area contributed by atoms with Crippen molar-refractivity contribution < 1.29 is 18.7 Å². The van der Waals surface area contributed by atoms with Crippen molar-refractivity contribution in [2.24, 2.45) is 0 Å². The quantitative estimate of drug-likeness (QED) is 0.589. The van der Waals surface area contributed by atoms with E-state index in [9.17, 15) is 14.0 Å². The van der Waals surface area contributed by atoms with Crippen LogP contribution in [-0.2, 0) is 14.3 Å². The Morgan fingerprint density at radius 1 is 1.47 bits per heavy atom. The summed E-state index contributed by atoms with van der Waals surface area (Å²) in [5.41, 5.74) is 0.0165. The Labute approximate surface area is 98.3 Å². The number of methoxy groups -OCH3 is 1. The van der Waals surface area contributed by atoms with Crippen LogP contribution in [0.4, 0.5) is 10.1 Å². The number of benzene rings is 1. The number of halogens is 1. The summed E-state index contributed by atoms with van der Waals surface area (Å²) in [7, 11) is 1.19. The van der Waals surface area contributed by atoms with Gasteiger partial charge in [-0.25, -0.2) is 4.39 Å². The van der Waals surface area contributed by atoms with Crippen molar-refractivity contribution in [2.75, 3.05) is 18.6 Å². The highest BCUT2D eigenvalue weighted by atomic mass is 19.1. The van der Waals surface area contributed by atoms with Crippen LogP contribution < -0.4 is 4.90 Å². The number of amides is 1. The summed E-state index contributed by atoms with van der Waals surface area (Å²) < 4.78 is 18.0. The van der Waals surface area contributed by atoms with E-state index >= 15 is 0 Å². The Kier molecular flexibility index (Phi) is 4.39. The van der Waals surface area contributed by atoms with Crippen molar-refractivity contribution in [1.29, 1.82) is 0 Å². The Bertz CT molecular complexity index is 445. The third-order valence-electron chi connectivity index (χ3n) is 2.10. The van der Waals surface area contributed by atoms with Crippen LogP contribution in [0.1, 0.15) is 0 Å². The minimum Gasteiger partial charge on any atom is -0.468 e. The SMILES string of the molecule is C=CC(=O)N(CC(=O)OC)c1ccccc1F. The monoisotopic (exact) mass is 237 g/mol. The number of carbonyl (C=O) groups excluding carboxylic acids is 2. The summed E-state index contributed by atoms with van der Waals surface area (Å²) >= 11 is 0. The molecule has 0 aliphatic rings. The minimum atomic E-state index is -0.636. The standard InChI is InChI=1S/C12H12FNO3/c1-3-11(15)14(8-12(16)17-2)10-7-5-4-6-9(10)13/h3-7H,1,8H2,2H3. The van der Waals surface area contributed by atoms with Crippen molar-refractivity contribution in [2.45, 2.75) is 0 Å². The smallest absolute Gasteiger partial charge is 0.325 e. The van der Waals surface area contributed by atoms with E-state index in [0.717, 1.165) is 11.0 Å². The van der Waals surface area contributed by atoms with Crippen LogP contribution in [0.5, 0.6) is 0 Å². The molecule has 0 aliphatic carbocycles. The van der Waals surface area contributed by atoms with Crippen LogP contribution in [0.2, 0.25) is 0 Å². The van der Waals surface area contributed by atoms with Crippen molar-refractivity contribution in [3.05, 3.63) is 42.7 Å². The van der Waals surface area contributed by atoms with E-state index in [1.165, 1.54) is 25.3 Å². The topological polar surface area (TPSA) is 46.6 Å². The van der Waals surface area contributed by atoms with Crippen LogP contribution in [0.15, 0.2) is 36.9 Å². The van der Waals surface area contributed by atoms with Crippen LogP contribution in [0.25, 0.3) is 0 Å². The minimum absolute atomic E-state index is 0.0165. The molecule has 0 heterocycles. The Hall–Kier alpha value is -2.17. The van der Waals surface area contributed by atoms with Gasteiger partial charge in [0.1, 0.15) is 12.4 Å². The van der Waals surface area contributed by atoms with Gasteiger partial charge in [0.05, 0.1) is 12.8 Å². The average Bonchev–Trinajstić information content (AvgIpc) is 2.35. The summed E-state index contributed by atoms with van der Waals surface area (Å²) in [6.45, 7) is 2.95. The zero-order valence-electron chi connectivity index (χ0n) is 9.35. The molecule has 90 valence electrons. The Morgan fingerprint density at radius 3 is 2.65 bits per heavy atom. The van der Waals surface area contributed by atoms with E-state index in [-0.39, 0.29) is 12.2 Å². The lowest BCUT2D eigenvalue weighted by Crippen LogP contribution is -2.35. The number of hydrogen-bond donors (Lipinski definition) is 0. The lowest BCUT2D eigenvalue weighted by molar-refractivity contribution is -0.139. The molecule has 0 N–H and O–H groups in total. The molecule has 5 heteroatoms. The number of ether oxygens (including phenoxy) is 1. The summed E-state index contributed by atoms with van der Waals surface area (Å²) in [6, 6.07) is 5.67. The highest BCUT2D eigenvalue weighted by molar-refractivity contribution is 6.04. The lowest BCUT2D eigenvalue weighted by Gasteiger charge is -2.20. The zero-order chi connectivity index (χ0) is 12.8. The number of hydrogen-bond acceptors (Lipinski definition) is 3. The molecule has 0 fully saturated rings. The molecule has 0 saturated carbocycles. The summed E-state index contributed by atoms with van der Waals surface area (Å²) in [4.78, 5) is 23.7. The third-order valence-corrected chi connectivity index (χ3v) is 2.10. The first kappa shape index (κ1) is 12.9. The molecule has 0 atom stereocenters. The molecule has 1 amide bonds. The number of anilines is 1. The molecule has 0 spiro atoms. The first-order valence-electron chi connectivity index (χ1n) is 4.85. The molecule has 0 bridgehead atoms. The molecule has 1 rings (SSSR count). The molecule has 1 aromatic rings. The predicted molar refractivity (Wildman–Crippen MR) is 61.0 cm³/mol. The zero-order valence-corrected chi connectivity index (χ0v) is 9.35. The van der Waals surface area contributed by atoms with E-state index < -0.39 is 17.7 Å². The van der Waals surface area contributed by atoms with Crippen LogP contribution in [0, 0.1) is 5.82 Å². The second-order valence-electron chi connectivity index (χ2n) is 3.16. The first-order valence-corrected chi connectivity index (χ1v) is 4.85. The molecule has 0 saturated heterocycles. The predicted octanol–water partition coefficient (Wildman–Crippen LogP) is 1.52. The molecule has 0 aliphatic heterocycles. The van der Waals surface area contributed by atoms with Crippen LogP contribution in [-0.4, -0.2) is 25.5 Å². The van der Waals surface area contributed by atoms with E-state index in [4.69, 9.17) is 0 Å². The fourth-order valence-electron chi connectivity index (χ4n) is 1.26. The molecule has 0 aromatic heterocycles. The molecule has 0 radical (unpaired) electrons. The molecular weight excluding hydrogens is 225 g/mol. The van der Waals surface area contributed by atoms with Gasteiger partial charge in [0, 0.05) is 0 Å². The number of esters is 1. The number of carbonyl (C=O) groups is 2. The number of nitrogens with zero attached hydrogens (tertiary/aromatic N) is 1. The van der Waals surface area contributed by atoms with Crippen molar-refractivity contribution >= 4 is 17.6 Å². The van der Waals surface area contributed by atoms with E-state index in [0.29, 0.717) is 0 Å². The molecular formula is C12H12FNO3. The fraction of sp³-hybridized carbons (Fsp3) is 0.167. The maximum atomic E-state index is 13.5. The summed E-state index contributed by atoms with van der Waals surface area (Å²) in [5, 5.41) is 0. The van der Waals surface area contributed by atoms with Gasteiger partial charge in [-0.05, 0) is 18.2 Å². The largest absolute Gasteiger partial charge is 0.468 e. The van der Waals surface area contributed by atoms with Gasteiger partial charge in [-0.1, -0.05) is 18.7 Å². The van der Waals surface area contributed by atoms with E-state index in [2.05, 4.69) is 11.3 Å². The highest BCUT2D eigenvalue weighted by Crippen LogP contribution is 2.18. The normalized spacial score (nSPS) is 9.53. The summed E-state index contributed by atoms with van der Waals surface area (Å²) in [6.07, 6.45) is 1.01. The van der Waals surface area contributed by atoms with Crippen molar-refractivity contribution in [1.82, 2.24) is 0 Å². The van der Waals surface area contributed by atoms with Crippen molar-refractivity contribution in [3.8, 4) is 0 Å². The second kappa shape index (κ2) is 5.79. The lowest BCUT2D eigenvalue weighted by atomic mass is 10.2. The third kappa shape index (κ3) is 3.14. The van der Waals surface area contributed by atoms with Crippen LogP contribution in [0.3, 0.4) is 0 Å². The fourth-order valence-corrected chi connectivity index (χ4v) is 1.26. The number of rotatable bonds is 4. The highest BCUT2D eigenvalue weighted by Gasteiger charge is 2.19. The van der Waals surface area contributed by atoms with Gasteiger partial charge < -0.3 is 4.74 Å². The van der Waals surface area contributed by atoms with E-state index in [1.807, 2.05) is 0 Å². The molecule has 1 aromatic carbocycles.